The van der Waals surface area contributed by atoms with Gasteiger partial charge in [0.25, 0.3) is 5.69 Å². The molecule has 1 amide bonds. The summed E-state index contributed by atoms with van der Waals surface area (Å²) in [6.07, 6.45) is 0.0377. The summed E-state index contributed by atoms with van der Waals surface area (Å²) in [6, 6.07) is 12.4. The van der Waals surface area contributed by atoms with E-state index in [4.69, 9.17) is 5.73 Å². The summed E-state index contributed by atoms with van der Waals surface area (Å²) < 4.78 is 27.0. The second-order valence-corrected chi connectivity index (χ2v) is 6.67. The van der Waals surface area contributed by atoms with Crippen LogP contribution < -0.4 is 10.5 Å². The molecule has 3 N–H and O–H groups in total. The number of rotatable bonds is 7. The van der Waals surface area contributed by atoms with Crippen molar-refractivity contribution in [2.24, 2.45) is 5.73 Å². The van der Waals surface area contributed by atoms with Crippen LogP contribution in [0.2, 0.25) is 0 Å². The van der Waals surface area contributed by atoms with Crippen LogP contribution in [0.1, 0.15) is 5.56 Å². The minimum atomic E-state index is -4.29. The Balaban J connectivity index is 2.32. The molecule has 2 aromatic rings. The topological polar surface area (TPSA) is 132 Å². The third kappa shape index (κ3) is 4.15. The van der Waals surface area contributed by atoms with Crippen molar-refractivity contribution in [1.82, 2.24) is 4.72 Å². The van der Waals surface area contributed by atoms with Gasteiger partial charge in [-0.05, 0) is 18.1 Å². The normalized spacial score (nSPS) is 12.5. The Labute approximate surface area is 138 Å². The lowest BCUT2D eigenvalue weighted by molar-refractivity contribution is -0.387. The second kappa shape index (κ2) is 7.20. The van der Waals surface area contributed by atoms with Crippen molar-refractivity contribution in [3.8, 4) is 0 Å². The third-order valence-electron chi connectivity index (χ3n) is 3.27. The molecule has 126 valence electrons. The van der Waals surface area contributed by atoms with Crippen LogP contribution in [0.15, 0.2) is 59.5 Å². The Morgan fingerprint density at radius 1 is 1.12 bits per heavy atom. The molecule has 0 bridgehead atoms. The Morgan fingerprint density at radius 3 is 2.29 bits per heavy atom. The van der Waals surface area contributed by atoms with Gasteiger partial charge in [-0.15, -0.1) is 0 Å². The molecule has 0 unspecified atom stereocenters. The molecule has 0 fully saturated rings. The highest BCUT2D eigenvalue weighted by molar-refractivity contribution is 7.89. The van der Waals surface area contributed by atoms with Crippen LogP contribution in [-0.4, -0.2) is 25.3 Å². The summed E-state index contributed by atoms with van der Waals surface area (Å²) in [4.78, 5) is 21.3. The number of hydrogen-bond donors (Lipinski definition) is 2. The molecule has 1 atom stereocenters. The summed E-state index contributed by atoms with van der Waals surface area (Å²) in [7, 11) is -4.29. The summed E-state index contributed by atoms with van der Waals surface area (Å²) in [5, 5.41) is 11.0. The molecule has 0 saturated carbocycles. The van der Waals surface area contributed by atoms with E-state index in [0.717, 1.165) is 12.1 Å². The number of sulfonamides is 1. The maximum Gasteiger partial charge on any atom is 0.289 e. The molecule has 0 aliphatic heterocycles. The number of hydrogen-bond acceptors (Lipinski definition) is 5. The molecule has 0 aliphatic rings. The second-order valence-electron chi connectivity index (χ2n) is 4.99. The summed E-state index contributed by atoms with van der Waals surface area (Å²) >= 11 is 0. The number of nitrogens with two attached hydrogens (primary N) is 1. The van der Waals surface area contributed by atoms with E-state index in [1.165, 1.54) is 12.1 Å². The Hall–Kier alpha value is -2.78. The molecular weight excluding hydrogens is 334 g/mol. The first-order valence-electron chi connectivity index (χ1n) is 6.90. The van der Waals surface area contributed by atoms with Crippen LogP contribution >= 0.6 is 0 Å². The quantitative estimate of drug-likeness (QED) is 0.568. The monoisotopic (exact) mass is 349 g/mol. The van der Waals surface area contributed by atoms with Crippen molar-refractivity contribution in [1.29, 1.82) is 0 Å². The molecule has 24 heavy (non-hydrogen) atoms. The molecule has 2 rings (SSSR count). The smallest absolute Gasteiger partial charge is 0.289 e. The van der Waals surface area contributed by atoms with E-state index in [1.807, 2.05) is 0 Å². The number of nitrogens with zero attached hydrogens (tertiary/aromatic N) is 1. The number of nitro groups is 1. The van der Waals surface area contributed by atoms with Crippen LogP contribution in [0, 0.1) is 10.1 Å². The van der Waals surface area contributed by atoms with Gasteiger partial charge in [0.1, 0.15) is 6.04 Å². The number of primary amides is 1. The molecular formula is C15H15N3O5S. The number of benzene rings is 2. The molecule has 0 aromatic heterocycles. The van der Waals surface area contributed by atoms with Crippen molar-refractivity contribution < 1.29 is 18.1 Å². The average molecular weight is 349 g/mol. The zero-order chi connectivity index (χ0) is 17.7. The van der Waals surface area contributed by atoms with Crippen molar-refractivity contribution in [3.05, 3.63) is 70.3 Å². The van der Waals surface area contributed by atoms with Crippen LogP contribution in [-0.2, 0) is 21.2 Å². The number of carbonyl (C=O) groups excluding carboxylic acids is 1. The SMILES string of the molecule is NC(=O)[C@H](Cc1ccccc1)NS(=O)(=O)c1ccccc1[N+](=O)[O-]. The van der Waals surface area contributed by atoms with Gasteiger partial charge in [-0.2, -0.15) is 4.72 Å². The van der Waals surface area contributed by atoms with Gasteiger partial charge < -0.3 is 5.73 Å². The van der Waals surface area contributed by atoms with Crippen LogP contribution in [0.5, 0.6) is 0 Å². The van der Waals surface area contributed by atoms with E-state index in [9.17, 15) is 23.3 Å². The standard InChI is InChI=1S/C15H15N3O5S/c16-15(19)12(10-11-6-2-1-3-7-11)17-24(22,23)14-9-5-4-8-13(14)18(20)21/h1-9,12,17H,10H2,(H2,16,19)/t12-/m0/s1. The number of amides is 1. The molecule has 0 spiro atoms. The van der Waals surface area contributed by atoms with Crippen molar-refractivity contribution in [2.45, 2.75) is 17.4 Å². The lowest BCUT2D eigenvalue weighted by Crippen LogP contribution is -2.45. The van der Waals surface area contributed by atoms with Crippen LogP contribution in [0.3, 0.4) is 0 Å². The predicted octanol–water partition coefficient (Wildman–Crippen LogP) is 0.970. The number of nitro benzene ring substituents is 1. The minimum absolute atomic E-state index is 0.0377. The Kier molecular flexibility index (Phi) is 5.27. The third-order valence-corrected chi connectivity index (χ3v) is 4.79. The lowest BCUT2D eigenvalue weighted by Gasteiger charge is -2.15. The first kappa shape index (κ1) is 17.6. The fourth-order valence-electron chi connectivity index (χ4n) is 2.14. The summed E-state index contributed by atoms with van der Waals surface area (Å²) in [5.41, 5.74) is 5.39. The fraction of sp³-hybridized carbons (Fsp3) is 0.133. The zero-order valence-corrected chi connectivity index (χ0v) is 13.3. The maximum absolute atomic E-state index is 12.4. The van der Waals surface area contributed by atoms with Crippen LogP contribution in [0.4, 0.5) is 5.69 Å². The first-order valence-corrected chi connectivity index (χ1v) is 8.38. The van der Waals surface area contributed by atoms with E-state index < -0.39 is 37.5 Å². The highest BCUT2D eigenvalue weighted by Crippen LogP contribution is 2.23. The minimum Gasteiger partial charge on any atom is -0.368 e. The largest absolute Gasteiger partial charge is 0.368 e. The van der Waals surface area contributed by atoms with Crippen molar-refractivity contribution in [3.63, 3.8) is 0 Å². The van der Waals surface area contributed by atoms with Gasteiger partial charge in [0.2, 0.25) is 15.9 Å². The average Bonchev–Trinajstić information content (AvgIpc) is 2.55. The molecule has 2 aromatic carbocycles. The van der Waals surface area contributed by atoms with Gasteiger partial charge in [-0.25, -0.2) is 8.42 Å². The van der Waals surface area contributed by atoms with E-state index in [2.05, 4.69) is 4.72 Å². The first-order chi connectivity index (χ1) is 11.3. The van der Waals surface area contributed by atoms with E-state index in [-0.39, 0.29) is 6.42 Å². The molecule has 8 nitrogen and oxygen atoms in total. The maximum atomic E-state index is 12.4. The van der Waals surface area contributed by atoms with Crippen molar-refractivity contribution >= 4 is 21.6 Å². The predicted molar refractivity (Wildman–Crippen MR) is 86.5 cm³/mol. The van der Waals surface area contributed by atoms with Gasteiger partial charge in [0.05, 0.1) is 4.92 Å². The number of nitrogens with one attached hydrogen (secondary N) is 1. The van der Waals surface area contributed by atoms with Crippen LogP contribution in [0.25, 0.3) is 0 Å². The highest BCUT2D eigenvalue weighted by atomic mass is 32.2. The molecule has 9 heteroatoms. The van der Waals surface area contributed by atoms with Gasteiger partial charge in [-0.3, -0.25) is 14.9 Å². The van der Waals surface area contributed by atoms with E-state index >= 15 is 0 Å². The van der Waals surface area contributed by atoms with Gasteiger partial charge in [-0.1, -0.05) is 42.5 Å². The molecule has 0 radical (unpaired) electrons. The fourth-order valence-corrected chi connectivity index (χ4v) is 3.51. The zero-order valence-electron chi connectivity index (χ0n) is 12.5. The number of para-hydroxylation sites is 1. The molecule has 0 heterocycles. The Bertz CT molecular complexity index is 852. The van der Waals surface area contributed by atoms with E-state index in [0.29, 0.717) is 5.56 Å². The van der Waals surface area contributed by atoms with Gasteiger partial charge in [0, 0.05) is 6.07 Å². The van der Waals surface area contributed by atoms with Gasteiger partial charge >= 0.3 is 0 Å². The summed E-state index contributed by atoms with van der Waals surface area (Å²) in [6.45, 7) is 0. The highest BCUT2D eigenvalue weighted by Gasteiger charge is 2.29. The Morgan fingerprint density at radius 2 is 1.71 bits per heavy atom. The molecule has 0 aliphatic carbocycles. The molecule has 0 saturated heterocycles. The summed E-state index contributed by atoms with van der Waals surface area (Å²) in [5.74, 6) is -0.874. The van der Waals surface area contributed by atoms with E-state index in [1.54, 1.807) is 30.3 Å². The van der Waals surface area contributed by atoms with Crippen molar-refractivity contribution in [2.75, 3.05) is 0 Å². The van der Waals surface area contributed by atoms with Gasteiger partial charge in [0.15, 0.2) is 4.90 Å². The number of carbonyl (C=O) groups is 1. The lowest BCUT2D eigenvalue weighted by atomic mass is 10.1.